The van der Waals surface area contributed by atoms with Crippen molar-refractivity contribution in [1.82, 2.24) is 9.97 Å². The third kappa shape index (κ3) is 3.71. The van der Waals surface area contributed by atoms with E-state index in [1.807, 2.05) is 24.3 Å². The van der Waals surface area contributed by atoms with Gasteiger partial charge in [0, 0.05) is 6.42 Å². The number of aromatic amines is 1. The maximum Gasteiger partial charge on any atom is 0.258 e. The van der Waals surface area contributed by atoms with Crippen LogP contribution in [-0.2, 0) is 6.42 Å². The second kappa shape index (κ2) is 8.94. The van der Waals surface area contributed by atoms with Crippen LogP contribution in [0.25, 0.3) is 10.9 Å². The van der Waals surface area contributed by atoms with Gasteiger partial charge in [-0.15, -0.1) is 0 Å². The van der Waals surface area contributed by atoms with Crippen molar-refractivity contribution in [2.45, 2.75) is 97.2 Å². The zero-order chi connectivity index (χ0) is 25.2. The lowest BCUT2D eigenvalue weighted by Gasteiger charge is -2.62. The standard InChI is InChI=1S/C31H44N2O3/c1-18(8-13-28-32-26-7-5-4-6-22(26)29(36)33-28)23-11-12-24-21-10-9-19-16-20(34)14-15-30(19,2)25(21)17-27(35)31(23,24)3/h4-7,18-21,23-25,27,34-35H,8-17H2,1-3H3,(H,32,33,36)/t18-,19-,20-,21+,23-,24+,25?,27+,30+,31-/m1/s1. The zero-order valence-corrected chi connectivity index (χ0v) is 22.2. The molecule has 0 amide bonds. The summed E-state index contributed by atoms with van der Waals surface area (Å²) in [5, 5.41) is 22.8. The largest absolute Gasteiger partial charge is 0.393 e. The van der Waals surface area contributed by atoms with E-state index in [-0.39, 0.29) is 28.6 Å². The fourth-order valence-electron chi connectivity index (χ4n) is 9.98. The van der Waals surface area contributed by atoms with Crippen molar-refractivity contribution in [3.05, 3.63) is 40.4 Å². The third-order valence-electron chi connectivity index (χ3n) is 12.0. The number of nitrogens with zero attached hydrogens (tertiary/aromatic N) is 1. The average Bonchev–Trinajstić information content (AvgIpc) is 3.22. The molecule has 5 heteroatoms. The summed E-state index contributed by atoms with van der Waals surface area (Å²) in [6.07, 6.45) is 10.3. The van der Waals surface area contributed by atoms with Gasteiger partial charge in [-0.25, -0.2) is 4.98 Å². The number of aryl methyl sites for hydroxylation is 1. The van der Waals surface area contributed by atoms with Crippen molar-refractivity contribution >= 4 is 10.9 Å². The van der Waals surface area contributed by atoms with E-state index in [1.54, 1.807) is 0 Å². The lowest BCUT2D eigenvalue weighted by Crippen LogP contribution is -2.58. The number of H-pyrrole nitrogens is 1. The van der Waals surface area contributed by atoms with Gasteiger partial charge in [0.25, 0.3) is 5.56 Å². The van der Waals surface area contributed by atoms with Crippen LogP contribution in [0.5, 0.6) is 0 Å². The normalized spacial score (nSPS) is 43.0. The first-order valence-electron chi connectivity index (χ1n) is 14.6. The van der Waals surface area contributed by atoms with Gasteiger partial charge in [-0.2, -0.15) is 0 Å². The van der Waals surface area contributed by atoms with E-state index in [2.05, 4.69) is 25.8 Å². The first-order valence-corrected chi connectivity index (χ1v) is 14.6. The van der Waals surface area contributed by atoms with E-state index in [0.717, 1.165) is 49.9 Å². The minimum atomic E-state index is -0.250. The van der Waals surface area contributed by atoms with Crippen molar-refractivity contribution in [3.63, 3.8) is 0 Å². The summed E-state index contributed by atoms with van der Waals surface area (Å²) in [4.78, 5) is 20.3. The van der Waals surface area contributed by atoms with Gasteiger partial charge < -0.3 is 15.2 Å². The number of aromatic nitrogens is 2. The van der Waals surface area contributed by atoms with E-state index in [1.165, 1.54) is 25.7 Å². The van der Waals surface area contributed by atoms with Crippen LogP contribution in [0.3, 0.4) is 0 Å². The fraction of sp³-hybridized carbons (Fsp3) is 0.742. The molecule has 4 aliphatic carbocycles. The van der Waals surface area contributed by atoms with Gasteiger partial charge in [0.1, 0.15) is 5.82 Å². The van der Waals surface area contributed by atoms with E-state index in [0.29, 0.717) is 40.9 Å². The molecule has 5 nitrogen and oxygen atoms in total. The predicted molar refractivity (Wildman–Crippen MR) is 142 cm³/mol. The SMILES string of the molecule is C[C@H](CCc1nc2ccccc2c(=O)[nH]1)[C@H]1CC[C@H]2[C@@H]3CC[C@@H]4C[C@H](O)CC[C@]4(C)C3C[C@H](O)[C@]12C. The first kappa shape index (κ1) is 24.6. The predicted octanol–water partition coefficient (Wildman–Crippen LogP) is 5.48. The Hall–Kier alpha value is -1.72. The molecule has 0 saturated heterocycles. The Morgan fingerprint density at radius 2 is 1.86 bits per heavy atom. The van der Waals surface area contributed by atoms with Crippen molar-refractivity contribution in [2.24, 2.45) is 46.3 Å². The molecule has 0 spiro atoms. The van der Waals surface area contributed by atoms with E-state index in [4.69, 9.17) is 4.98 Å². The molecule has 4 fully saturated rings. The van der Waals surface area contributed by atoms with Crippen LogP contribution >= 0.6 is 0 Å². The Bertz CT molecular complexity index is 1180. The van der Waals surface area contributed by atoms with Crippen molar-refractivity contribution in [3.8, 4) is 0 Å². The molecule has 6 rings (SSSR count). The molecule has 4 aliphatic rings. The number of nitrogens with one attached hydrogen (secondary N) is 1. The molecule has 1 aromatic heterocycles. The summed E-state index contributed by atoms with van der Waals surface area (Å²) in [6, 6.07) is 7.55. The van der Waals surface area contributed by atoms with E-state index >= 15 is 0 Å². The number of aliphatic hydroxyl groups is 2. The zero-order valence-electron chi connectivity index (χ0n) is 22.2. The average molecular weight is 493 g/mol. The molecule has 0 aliphatic heterocycles. The number of rotatable bonds is 4. The van der Waals surface area contributed by atoms with E-state index < -0.39 is 0 Å². The minimum absolute atomic E-state index is 0.0256. The summed E-state index contributed by atoms with van der Waals surface area (Å²) in [5.74, 6) is 4.28. The summed E-state index contributed by atoms with van der Waals surface area (Å²) >= 11 is 0. The summed E-state index contributed by atoms with van der Waals surface area (Å²) in [6.45, 7) is 7.25. The smallest absolute Gasteiger partial charge is 0.258 e. The van der Waals surface area contributed by atoms with Gasteiger partial charge in [0.05, 0.1) is 23.1 Å². The van der Waals surface area contributed by atoms with Crippen LogP contribution in [0.1, 0.15) is 84.4 Å². The molecule has 10 atom stereocenters. The maximum absolute atomic E-state index is 12.5. The lowest BCUT2D eigenvalue weighted by atomic mass is 9.43. The first-order chi connectivity index (χ1) is 17.2. The second-order valence-electron chi connectivity index (χ2n) is 13.4. The highest BCUT2D eigenvalue weighted by Gasteiger charge is 2.63. The molecular weight excluding hydrogens is 448 g/mol. The van der Waals surface area contributed by atoms with Gasteiger partial charge in [-0.1, -0.05) is 32.9 Å². The molecule has 1 unspecified atom stereocenters. The third-order valence-corrected chi connectivity index (χ3v) is 12.0. The lowest BCUT2D eigenvalue weighted by molar-refractivity contribution is -0.174. The van der Waals surface area contributed by atoms with Gasteiger partial charge >= 0.3 is 0 Å². The Morgan fingerprint density at radius 3 is 2.69 bits per heavy atom. The van der Waals surface area contributed by atoms with Crippen LogP contribution < -0.4 is 5.56 Å². The minimum Gasteiger partial charge on any atom is -0.393 e. The Morgan fingerprint density at radius 1 is 1.06 bits per heavy atom. The highest BCUT2D eigenvalue weighted by molar-refractivity contribution is 5.77. The Kier molecular flexibility index (Phi) is 6.11. The molecule has 1 heterocycles. The van der Waals surface area contributed by atoms with Crippen LogP contribution in [0.4, 0.5) is 0 Å². The van der Waals surface area contributed by atoms with Gasteiger partial charge in [0.15, 0.2) is 0 Å². The van der Waals surface area contributed by atoms with Crippen LogP contribution in [0, 0.1) is 46.3 Å². The molecule has 0 radical (unpaired) electrons. The van der Waals surface area contributed by atoms with Crippen LogP contribution in [-0.4, -0.2) is 32.4 Å². The summed E-state index contributed by atoms with van der Waals surface area (Å²) in [7, 11) is 0. The van der Waals surface area contributed by atoms with Crippen molar-refractivity contribution in [2.75, 3.05) is 0 Å². The molecule has 196 valence electrons. The van der Waals surface area contributed by atoms with Gasteiger partial charge in [0.2, 0.25) is 0 Å². The highest BCUT2D eigenvalue weighted by Crippen LogP contribution is 2.68. The monoisotopic (exact) mass is 492 g/mol. The number of benzene rings is 1. The number of aliphatic hydroxyl groups excluding tert-OH is 2. The van der Waals surface area contributed by atoms with Crippen molar-refractivity contribution in [1.29, 1.82) is 0 Å². The Labute approximate surface area is 215 Å². The number of fused-ring (bicyclic) bond motifs is 6. The van der Waals surface area contributed by atoms with Gasteiger partial charge in [-0.05, 0) is 116 Å². The molecule has 2 aromatic rings. The van der Waals surface area contributed by atoms with Crippen LogP contribution in [0.15, 0.2) is 29.1 Å². The Balaban J connectivity index is 1.19. The topological polar surface area (TPSA) is 86.2 Å². The molecule has 36 heavy (non-hydrogen) atoms. The van der Waals surface area contributed by atoms with Crippen LogP contribution in [0.2, 0.25) is 0 Å². The fourth-order valence-corrected chi connectivity index (χ4v) is 9.98. The highest BCUT2D eigenvalue weighted by atomic mass is 16.3. The number of hydrogen-bond donors (Lipinski definition) is 3. The maximum atomic E-state index is 12.5. The molecule has 1 aromatic carbocycles. The van der Waals surface area contributed by atoms with Crippen molar-refractivity contribution < 1.29 is 10.2 Å². The number of hydrogen-bond acceptors (Lipinski definition) is 4. The summed E-state index contributed by atoms with van der Waals surface area (Å²) < 4.78 is 0. The quantitative estimate of drug-likeness (QED) is 0.527. The molecular formula is C31H44N2O3. The van der Waals surface area contributed by atoms with E-state index in [9.17, 15) is 15.0 Å². The van der Waals surface area contributed by atoms with Gasteiger partial charge in [-0.3, -0.25) is 4.79 Å². The number of para-hydroxylation sites is 1. The summed E-state index contributed by atoms with van der Waals surface area (Å²) in [5.41, 5.74) is 0.971. The molecule has 4 saturated carbocycles. The second-order valence-corrected chi connectivity index (χ2v) is 13.4. The molecule has 3 N–H and O–H groups in total. The molecule has 0 bridgehead atoms.